The van der Waals surface area contributed by atoms with E-state index in [0.29, 0.717) is 0 Å². The normalized spacial score (nSPS) is 13.8. The summed E-state index contributed by atoms with van der Waals surface area (Å²) in [5, 5.41) is 2.19. The molecule has 0 unspecified atom stereocenters. The van der Waals surface area contributed by atoms with Crippen LogP contribution in [0.25, 0.3) is 33.1 Å². The van der Waals surface area contributed by atoms with Gasteiger partial charge >= 0.3 is 0 Å². The molecule has 8 aromatic rings. The van der Waals surface area contributed by atoms with Crippen molar-refractivity contribution in [3.8, 4) is 34.1 Å². The topological polar surface area (TPSA) is 34.8 Å². The first-order chi connectivity index (χ1) is 25.3. The van der Waals surface area contributed by atoms with Crippen LogP contribution in [-0.2, 0) is 12.8 Å². The number of furan rings is 1. The van der Waals surface area contributed by atoms with E-state index in [1.807, 2.05) is 18.2 Å². The summed E-state index contributed by atoms with van der Waals surface area (Å²) in [5.74, 6) is 3.36. The smallest absolute Gasteiger partial charge is 0.260 e. The summed E-state index contributed by atoms with van der Waals surface area (Å²) in [6, 6.07) is 51.5. The van der Waals surface area contributed by atoms with E-state index >= 15 is 0 Å². The molecule has 1 aliphatic carbocycles. The zero-order valence-corrected chi connectivity index (χ0v) is 27.9. The third-order valence-electron chi connectivity index (χ3n) is 11.0. The Kier molecular flexibility index (Phi) is 6.26. The minimum Gasteiger partial charge on any atom is -0.458 e. The fourth-order valence-corrected chi connectivity index (χ4v) is 8.75. The number of rotatable bonds is 4. The number of benzene rings is 7. The Morgan fingerprint density at radius 2 is 1.20 bits per heavy atom. The number of nitrogens with zero attached hydrogens (tertiary/aromatic N) is 1. The van der Waals surface area contributed by atoms with Crippen LogP contribution in [0.1, 0.15) is 24.0 Å². The maximum atomic E-state index is 6.81. The van der Waals surface area contributed by atoms with Gasteiger partial charge in [-0.15, -0.1) is 0 Å². The fourth-order valence-electron chi connectivity index (χ4n) is 8.75. The number of hydrogen-bond acceptors (Lipinski definition) is 4. The van der Waals surface area contributed by atoms with Gasteiger partial charge in [-0.2, -0.15) is 0 Å². The number of ether oxygens (including phenoxy) is 2. The Balaban J connectivity index is 1.22. The highest BCUT2D eigenvalue weighted by molar-refractivity contribution is 6.98. The second-order valence-corrected chi connectivity index (χ2v) is 13.8. The zero-order valence-electron chi connectivity index (χ0n) is 27.9. The monoisotopic (exact) mass is 657 g/mol. The molecule has 0 fully saturated rings. The summed E-state index contributed by atoms with van der Waals surface area (Å²) in [7, 11) is 0. The number of anilines is 3. The highest BCUT2D eigenvalue weighted by atomic mass is 16.5. The minimum atomic E-state index is 0.00910. The third kappa shape index (κ3) is 4.34. The van der Waals surface area contributed by atoms with Crippen LogP contribution in [0.2, 0.25) is 0 Å². The van der Waals surface area contributed by atoms with Gasteiger partial charge in [0.25, 0.3) is 6.71 Å². The summed E-state index contributed by atoms with van der Waals surface area (Å²) in [5.41, 5.74) is 13.4. The largest absolute Gasteiger partial charge is 0.458 e. The van der Waals surface area contributed by atoms with Crippen LogP contribution in [0, 0.1) is 0 Å². The van der Waals surface area contributed by atoms with Gasteiger partial charge in [-0.25, -0.2) is 0 Å². The molecule has 0 saturated carbocycles. The number of aryl methyl sites for hydroxylation is 1. The van der Waals surface area contributed by atoms with Crippen LogP contribution in [-0.4, -0.2) is 6.71 Å². The van der Waals surface area contributed by atoms with Crippen molar-refractivity contribution in [2.75, 3.05) is 4.90 Å². The Labute approximate surface area is 296 Å². The van der Waals surface area contributed by atoms with E-state index in [2.05, 4.69) is 132 Å². The molecule has 242 valence electrons. The van der Waals surface area contributed by atoms with Gasteiger partial charge in [0, 0.05) is 33.9 Å². The predicted molar refractivity (Wildman–Crippen MR) is 208 cm³/mol. The molecule has 0 atom stereocenters. The molecule has 0 spiro atoms. The Morgan fingerprint density at radius 1 is 0.529 bits per heavy atom. The lowest BCUT2D eigenvalue weighted by Crippen LogP contribution is -2.57. The highest BCUT2D eigenvalue weighted by Crippen LogP contribution is 2.50. The van der Waals surface area contributed by atoms with Crippen molar-refractivity contribution in [3.63, 3.8) is 0 Å². The van der Waals surface area contributed by atoms with Crippen molar-refractivity contribution in [2.45, 2.75) is 25.7 Å². The zero-order chi connectivity index (χ0) is 33.5. The van der Waals surface area contributed by atoms with Gasteiger partial charge < -0.3 is 18.8 Å². The SMILES string of the molecule is c1ccc(-c2c(N(c3cc4c5c(c3)Oc3ccccc3B5c3ccccc3O4)c3cccc4c3oc3ccccc34)ccc3c2CCCC3)cc1. The molecule has 3 aliphatic rings. The van der Waals surface area contributed by atoms with Crippen LogP contribution in [0.5, 0.6) is 23.0 Å². The van der Waals surface area contributed by atoms with E-state index in [9.17, 15) is 0 Å². The van der Waals surface area contributed by atoms with Crippen LogP contribution >= 0.6 is 0 Å². The molecule has 0 amide bonds. The maximum Gasteiger partial charge on any atom is 0.260 e. The van der Waals surface area contributed by atoms with Crippen molar-refractivity contribution in [1.82, 2.24) is 0 Å². The van der Waals surface area contributed by atoms with Gasteiger partial charge in [0.05, 0.1) is 17.1 Å². The van der Waals surface area contributed by atoms with Crippen LogP contribution in [0.15, 0.2) is 150 Å². The average Bonchev–Trinajstić information content (AvgIpc) is 3.57. The van der Waals surface area contributed by atoms with Crippen molar-refractivity contribution in [2.24, 2.45) is 0 Å². The summed E-state index contributed by atoms with van der Waals surface area (Å²) >= 11 is 0. The van der Waals surface area contributed by atoms with E-state index < -0.39 is 0 Å². The second kappa shape index (κ2) is 11.2. The fraction of sp³-hybridized carbons (Fsp3) is 0.0870. The summed E-state index contributed by atoms with van der Waals surface area (Å²) in [6.07, 6.45) is 4.54. The van der Waals surface area contributed by atoms with E-state index in [1.165, 1.54) is 35.1 Å². The van der Waals surface area contributed by atoms with Gasteiger partial charge in [-0.05, 0) is 83.6 Å². The lowest BCUT2D eigenvalue weighted by Gasteiger charge is -2.35. The molecule has 7 aromatic carbocycles. The molecule has 1 aromatic heterocycles. The molecule has 0 saturated heterocycles. The molecular weight excluding hydrogens is 625 g/mol. The number of para-hydroxylation sites is 4. The Bertz CT molecular complexity index is 2610. The first-order valence-corrected chi connectivity index (χ1v) is 17.9. The molecule has 5 heteroatoms. The third-order valence-corrected chi connectivity index (χ3v) is 11.0. The second-order valence-electron chi connectivity index (χ2n) is 13.8. The van der Waals surface area contributed by atoms with Crippen molar-refractivity contribution < 1.29 is 13.9 Å². The summed E-state index contributed by atoms with van der Waals surface area (Å²) in [4.78, 5) is 2.38. The van der Waals surface area contributed by atoms with E-state index in [1.54, 1.807) is 0 Å². The van der Waals surface area contributed by atoms with Gasteiger partial charge in [0.1, 0.15) is 28.6 Å². The molecule has 51 heavy (non-hydrogen) atoms. The van der Waals surface area contributed by atoms with Crippen LogP contribution in [0.3, 0.4) is 0 Å². The van der Waals surface area contributed by atoms with Crippen molar-refractivity contribution in [1.29, 1.82) is 0 Å². The Morgan fingerprint density at radius 3 is 1.98 bits per heavy atom. The van der Waals surface area contributed by atoms with Gasteiger partial charge in [0.2, 0.25) is 0 Å². The lowest BCUT2D eigenvalue weighted by atomic mass is 9.35. The first-order valence-electron chi connectivity index (χ1n) is 17.9. The van der Waals surface area contributed by atoms with E-state index in [0.717, 1.165) is 91.2 Å². The van der Waals surface area contributed by atoms with Crippen molar-refractivity contribution in [3.05, 3.63) is 157 Å². The molecule has 0 bridgehead atoms. The van der Waals surface area contributed by atoms with Crippen molar-refractivity contribution >= 4 is 62.1 Å². The van der Waals surface area contributed by atoms with Crippen LogP contribution < -0.4 is 30.8 Å². The molecule has 2 aliphatic heterocycles. The molecule has 0 N–H and O–H groups in total. The molecule has 3 heterocycles. The van der Waals surface area contributed by atoms with Gasteiger partial charge in [0.15, 0.2) is 5.58 Å². The first kappa shape index (κ1) is 28.6. The summed E-state index contributed by atoms with van der Waals surface area (Å²) in [6.45, 7) is 0.00910. The lowest BCUT2D eigenvalue weighted by molar-refractivity contribution is 0.465. The Hall–Kier alpha value is -6.20. The molecule has 4 nitrogen and oxygen atoms in total. The maximum absolute atomic E-state index is 6.81. The van der Waals surface area contributed by atoms with E-state index in [-0.39, 0.29) is 6.71 Å². The average molecular weight is 658 g/mol. The minimum absolute atomic E-state index is 0.00910. The molecule has 11 rings (SSSR count). The number of fused-ring (bicyclic) bond motifs is 8. The standard InChI is InChI=1S/C46H32BNO3/c1-2-14-30(15-3-1)44-32-16-5-4-13-29(32)25-26-37(44)48(38-21-12-18-34-33-17-6-9-22-39(33)51-46(34)38)31-27-42-45-43(28-31)50-41-24-11-8-20-36(41)47(45)35-19-7-10-23-40(35)49-42/h1-3,6-12,14-15,17-28H,4-5,13,16H2. The van der Waals surface area contributed by atoms with Crippen LogP contribution in [0.4, 0.5) is 17.1 Å². The quantitative estimate of drug-likeness (QED) is 0.177. The summed E-state index contributed by atoms with van der Waals surface area (Å²) < 4.78 is 20.4. The predicted octanol–water partition coefficient (Wildman–Crippen LogP) is 10.3. The van der Waals surface area contributed by atoms with Gasteiger partial charge in [-0.1, -0.05) is 103 Å². The molecule has 0 radical (unpaired) electrons. The van der Waals surface area contributed by atoms with Gasteiger partial charge in [-0.3, -0.25) is 0 Å². The molecular formula is C46H32BNO3. The number of hydrogen-bond donors (Lipinski definition) is 0. The highest BCUT2D eigenvalue weighted by Gasteiger charge is 2.41. The van der Waals surface area contributed by atoms with E-state index in [4.69, 9.17) is 13.9 Å².